The van der Waals surface area contributed by atoms with Gasteiger partial charge in [0, 0.05) is 28.1 Å². The highest BCUT2D eigenvalue weighted by atomic mass is 15.2. The van der Waals surface area contributed by atoms with Crippen LogP contribution in [0.3, 0.4) is 0 Å². The number of hydrogen-bond donors (Lipinski definition) is 0. The van der Waals surface area contributed by atoms with Gasteiger partial charge in [-0.2, -0.15) is 15.8 Å². The molecule has 1 aromatic heterocycles. The van der Waals surface area contributed by atoms with Crippen molar-refractivity contribution in [1.82, 2.24) is 4.57 Å². The highest BCUT2D eigenvalue weighted by Crippen LogP contribution is 2.46. The minimum Gasteiger partial charge on any atom is -0.357 e. The van der Waals surface area contributed by atoms with Crippen molar-refractivity contribution in [3.8, 4) is 35.0 Å². The van der Waals surface area contributed by atoms with Gasteiger partial charge in [-0.05, 0) is 77.2 Å². The summed E-state index contributed by atoms with van der Waals surface area (Å²) in [6, 6.07) is 38.5. The molecule has 3 aliphatic carbocycles. The monoisotopic (exact) mass is 651 g/mol. The molecule has 0 bridgehead atoms. The van der Waals surface area contributed by atoms with Crippen molar-refractivity contribution in [2.45, 2.75) is 24.4 Å². The van der Waals surface area contributed by atoms with Gasteiger partial charge in [-0.1, -0.05) is 103 Å². The summed E-state index contributed by atoms with van der Waals surface area (Å²) in [5.41, 5.74) is 10.9. The zero-order valence-corrected chi connectivity index (χ0v) is 27.5. The Labute approximate surface area is 297 Å². The number of benzene rings is 3. The molecule has 238 valence electrons. The predicted molar refractivity (Wildman–Crippen MR) is 202 cm³/mol. The van der Waals surface area contributed by atoms with Gasteiger partial charge in [0.1, 0.15) is 17.1 Å². The molecule has 9 rings (SSSR count). The molecule has 4 atom stereocenters. The van der Waals surface area contributed by atoms with Crippen LogP contribution in [0.2, 0.25) is 0 Å². The fourth-order valence-electron chi connectivity index (χ4n) is 8.12. The molecule has 51 heavy (non-hydrogen) atoms. The van der Waals surface area contributed by atoms with Crippen molar-refractivity contribution in [2.75, 3.05) is 4.90 Å². The third-order valence-corrected chi connectivity index (χ3v) is 10.4. The van der Waals surface area contributed by atoms with Gasteiger partial charge in [0.2, 0.25) is 0 Å². The Morgan fingerprint density at radius 3 is 2.39 bits per heavy atom. The van der Waals surface area contributed by atoms with E-state index in [9.17, 15) is 15.8 Å². The van der Waals surface area contributed by atoms with E-state index in [2.05, 4.69) is 131 Å². The maximum Gasteiger partial charge on any atom is 0.108 e. The average Bonchev–Trinajstić information content (AvgIpc) is 3.59. The minimum atomic E-state index is -0.383. The summed E-state index contributed by atoms with van der Waals surface area (Å²) in [4.78, 5) is 2.57. The average molecular weight is 652 g/mol. The fraction of sp³-hybridized carbons (Fsp3) is 0.109. The maximum atomic E-state index is 10.4. The van der Waals surface area contributed by atoms with Crippen LogP contribution in [-0.4, -0.2) is 16.7 Å². The van der Waals surface area contributed by atoms with Crippen molar-refractivity contribution >= 4 is 34.3 Å². The quantitative estimate of drug-likeness (QED) is 0.194. The lowest BCUT2D eigenvalue weighted by molar-refractivity contribution is 0.614. The Morgan fingerprint density at radius 2 is 1.55 bits per heavy atom. The van der Waals surface area contributed by atoms with E-state index in [-0.39, 0.29) is 12.0 Å². The van der Waals surface area contributed by atoms with Crippen LogP contribution in [0.5, 0.6) is 0 Å². The second kappa shape index (κ2) is 12.1. The van der Waals surface area contributed by atoms with E-state index in [1.165, 1.54) is 11.3 Å². The molecule has 4 aliphatic rings. The van der Waals surface area contributed by atoms with E-state index >= 15 is 0 Å². The number of nitrogens with zero attached hydrogens (tertiary/aromatic N) is 5. The van der Waals surface area contributed by atoms with Crippen molar-refractivity contribution in [1.29, 1.82) is 15.8 Å². The van der Waals surface area contributed by atoms with E-state index in [0.717, 1.165) is 56.5 Å². The van der Waals surface area contributed by atoms with Gasteiger partial charge >= 0.3 is 0 Å². The molecule has 0 saturated heterocycles. The molecule has 4 unspecified atom stereocenters. The number of nitriles is 3. The molecule has 4 aromatic carbocycles. The van der Waals surface area contributed by atoms with E-state index in [4.69, 9.17) is 0 Å². The third kappa shape index (κ3) is 4.84. The molecule has 2 heterocycles. The summed E-state index contributed by atoms with van der Waals surface area (Å²) in [6.07, 6.45) is 24.4. The van der Waals surface area contributed by atoms with Crippen LogP contribution < -0.4 is 4.90 Å². The number of aromatic nitrogens is 1. The SMILES string of the molecule is N#Cc1c#cc2c(c1)c1c(n2-c2cccc(C#N)c2-c2cccc(C3=CCC(N4c5ccccc5C5C=CC=CC54)C=C3)c2)C=CC(C#N)C=C1. The van der Waals surface area contributed by atoms with Gasteiger partial charge in [0.25, 0.3) is 0 Å². The number of hydrogen-bond acceptors (Lipinski definition) is 4. The number of rotatable bonds is 4. The van der Waals surface area contributed by atoms with Crippen LogP contribution in [0.1, 0.15) is 45.8 Å². The molecule has 0 N–H and O–H groups in total. The first-order chi connectivity index (χ1) is 25.2. The molecule has 0 saturated carbocycles. The first kappa shape index (κ1) is 30.0. The molecule has 1 aliphatic heterocycles. The molecule has 0 fully saturated rings. The normalized spacial score (nSPS) is 20.7. The first-order valence-electron chi connectivity index (χ1n) is 17.1. The molecular formula is C46H29N5. The lowest BCUT2D eigenvalue weighted by Gasteiger charge is -2.35. The lowest BCUT2D eigenvalue weighted by atomic mass is 9.90. The topological polar surface area (TPSA) is 79.5 Å². The Bertz CT molecular complexity index is 2580. The number of allylic oxidation sites excluding steroid dienone is 6. The van der Waals surface area contributed by atoms with Crippen LogP contribution in [0.4, 0.5) is 5.69 Å². The molecule has 5 heteroatoms. The van der Waals surface area contributed by atoms with Gasteiger partial charge < -0.3 is 9.47 Å². The third-order valence-electron chi connectivity index (χ3n) is 10.4. The fourth-order valence-corrected chi connectivity index (χ4v) is 8.12. The number of fused-ring (bicyclic) bond motifs is 6. The lowest BCUT2D eigenvalue weighted by Crippen LogP contribution is -2.40. The van der Waals surface area contributed by atoms with E-state index in [1.54, 1.807) is 0 Å². The summed E-state index contributed by atoms with van der Waals surface area (Å²) in [5, 5.41) is 30.6. The molecular weight excluding hydrogens is 623 g/mol. The van der Waals surface area contributed by atoms with E-state index in [0.29, 0.717) is 23.1 Å². The molecule has 0 amide bonds. The second-order valence-corrected chi connectivity index (χ2v) is 13.2. The molecule has 0 radical (unpaired) electrons. The van der Waals surface area contributed by atoms with Gasteiger partial charge in [0.15, 0.2) is 0 Å². The Morgan fingerprint density at radius 1 is 0.725 bits per heavy atom. The standard InChI is InChI=1S/C46H29N5/c47-27-30-15-22-39-40-25-31(28-48)17-24-44(40)51(43(39)23-16-30)45-14-6-9-35(29-49)46(45)34-8-5-7-33(26-34)32-18-20-36(21-19-32)50-41-12-3-1-10-37(41)38-11-2-4-13-42(38)50/h1-16,18-20,22-23,25-26,30,36-37,41H,21H2. The Hall–Kier alpha value is -7.05. The highest BCUT2D eigenvalue weighted by molar-refractivity contribution is 5.97. The summed E-state index contributed by atoms with van der Waals surface area (Å²) >= 11 is 0. The van der Waals surface area contributed by atoms with E-state index < -0.39 is 0 Å². The number of anilines is 1. The summed E-state index contributed by atoms with van der Waals surface area (Å²) in [5.74, 6) is -0.0159. The molecule has 5 aromatic rings. The highest BCUT2D eigenvalue weighted by Gasteiger charge is 2.39. The van der Waals surface area contributed by atoms with Crippen molar-refractivity contribution in [3.63, 3.8) is 0 Å². The van der Waals surface area contributed by atoms with Crippen LogP contribution in [0.25, 0.3) is 45.4 Å². The maximum absolute atomic E-state index is 10.4. The molecule has 5 nitrogen and oxygen atoms in total. The zero-order chi connectivity index (χ0) is 34.5. The van der Waals surface area contributed by atoms with Crippen LogP contribution in [-0.2, 0) is 0 Å². The summed E-state index contributed by atoms with van der Waals surface area (Å²) < 4.78 is 2.08. The molecule has 0 spiro atoms. The van der Waals surface area contributed by atoms with Crippen LogP contribution in [0, 0.1) is 52.0 Å². The smallest absolute Gasteiger partial charge is 0.108 e. The van der Waals surface area contributed by atoms with Gasteiger partial charge in [-0.3, -0.25) is 0 Å². The Kier molecular flexibility index (Phi) is 7.14. The van der Waals surface area contributed by atoms with Gasteiger partial charge in [-0.25, -0.2) is 0 Å². The van der Waals surface area contributed by atoms with Crippen molar-refractivity contribution in [2.24, 2.45) is 5.92 Å². The second-order valence-electron chi connectivity index (χ2n) is 13.2. The summed E-state index contributed by atoms with van der Waals surface area (Å²) in [7, 11) is 0. The van der Waals surface area contributed by atoms with Gasteiger partial charge in [-0.15, -0.1) is 0 Å². The zero-order valence-electron chi connectivity index (χ0n) is 27.5. The van der Waals surface area contributed by atoms with Crippen molar-refractivity contribution in [3.05, 3.63) is 173 Å². The largest absolute Gasteiger partial charge is 0.357 e. The summed E-state index contributed by atoms with van der Waals surface area (Å²) in [6.45, 7) is 0. The van der Waals surface area contributed by atoms with Crippen LogP contribution in [0.15, 0.2) is 127 Å². The van der Waals surface area contributed by atoms with E-state index in [1.807, 2.05) is 48.6 Å². The first-order valence-corrected chi connectivity index (χ1v) is 17.1. The van der Waals surface area contributed by atoms with Gasteiger partial charge in [0.05, 0.1) is 47.1 Å². The predicted octanol–water partition coefficient (Wildman–Crippen LogP) is 9.63. The van der Waals surface area contributed by atoms with Crippen LogP contribution >= 0.6 is 0 Å². The number of para-hydroxylation sites is 1. The minimum absolute atomic E-state index is 0.241. The Balaban J connectivity index is 1.12. The van der Waals surface area contributed by atoms with Crippen molar-refractivity contribution < 1.29 is 0 Å².